The van der Waals surface area contributed by atoms with E-state index in [9.17, 15) is 9.59 Å². The molecule has 1 saturated carbocycles. The van der Waals surface area contributed by atoms with Crippen LogP contribution >= 0.6 is 11.8 Å². The molecule has 150 valence electrons. The zero-order chi connectivity index (χ0) is 20.2. The second kappa shape index (κ2) is 8.43. The van der Waals surface area contributed by atoms with Gasteiger partial charge in [-0.05, 0) is 42.3 Å². The summed E-state index contributed by atoms with van der Waals surface area (Å²) < 4.78 is 8.34. The number of para-hydroxylation sites is 1. The molecule has 4 rings (SSSR count). The summed E-state index contributed by atoms with van der Waals surface area (Å²) in [6.07, 6.45) is 3.48. The van der Waals surface area contributed by atoms with E-state index in [1.54, 1.807) is 11.6 Å². The number of aromatic nitrogens is 6. The SMILES string of the molecule is CCOC(=O)c1cnn(-c2ccccc2)c1NC(=O)CSc1nnnn1C1CC1. The zero-order valence-corrected chi connectivity index (χ0v) is 16.5. The van der Waals surface area contributed by atoms with E-state index in [0.29, 0.717) is 16.9 Å². The number of ether oxygens (including phenoxy) is 1. The molecule has 0 spiro atoms. The second-order valence-electron chi connectivity index (χ2n) is 6.35. The van der Waals surface area contributed by atoms with Crippen molar-refractivity contribution in [2.75, 3.05) is 17.7 Å². The molecular formula is C18H19N7O3S. The summed E-state index contributed by atoms with van der Waals surface area (Å²) in [5, 5.41) is 19.3. The number of tetrazole rings is 1. The summed E-state index contributed by atoms with van der Waals surface area (Å²) in [7, 11) is 0. The number of anilines is 1. The van der Waals surface area contributed by atoms with E-state index in [2.05, 4.69) is 25.9 Å². The first-order chi connectivity index (χ1) is 14.2. The van der Waals surface area contributed by atoms with E-state index in [4.69, 9.17) is 4.74 Å². The van der Waals surface area contributed by atoms with Crippen LogP contribution in [0.3, 0.4) is 0 Å². The summed E-state index contributed by atoms with van der Waals surface area (Å²) in [6.45, 7) is 1.95. The van der Waals surface area contributed by atoms with Crippen molar-refractivity contribution in [2.45, 2.75) is 31.0 Å². The van der Waals surface area contributed by atoms with Gasteiger partial charge in [-0.2, -0.15) is 5.10 Å². The molecule has 3 aromatic rings. The maximum absolute atomic E-state index is 12.6. The van der Waals surface area contributed by atoms with Crippen LogP contribution in [-0.2, 0) is 9.53 Å². The summed E-state index contributed by atoms with van der Waals surface area (Å²) >= 11 is 1.25. The van der Waals surface area contributed by atoms with Gasteiger partial charge in [0.15, 0.2) is 5.82 Å². The lowest BCUT2D eigenvalue weighted by Crippen LogP contribution is -2.20. The van der Waals surface area contributed by atoms with Gasteiger partial charge in [0.25, 0.3) is 0 Å². The Hall–Kier alpha value is -3.21. The predicted molar refractivity (Wildman–Crippen MR) is 105 cm³/mol. The Morgan fingerprint density at radius 1 is 1.28 bits per heavy atom. The van der Waals surface area contributed by atoms with Gasteiger partial charge in [0.2, 0.25) is 11.1 Å². The van der Waals surface area contributed by atoms with Gasteiger partial charge in [-0.15, -0.1) is 5.10 Å². The molecule has 1 aliphatic rings. The molecule has 2 heterocycles. The van der Waals surface area contributed by atoms with Crippen molar-refractivity contribution in [1.29, 1.82) is 0 Å². The fourth-order valence-corrected chi connectivity index (χ4v) is 3.46. The standard InChI is InChI=1S/C18H19N7O3S/c1-2-28-17(27)14-10-19-24(12-6-4-3-5-7-12)16(14)20-15(26)11-29-18-21-22-23-25(18)13-8-9-13/h3-7,10,13H,2,8-9,11H2,1H3,(H,20,26). The van der Waals surface area contributed by atoms with Crippen LogP contribution in [0.15, 0.2) is 41.7 Å². The van der Waals surface area contributed by atoms with Crippen LogP contribution in [0, 0.1) is 0 Å². The van der Waals surface area contributed by atoms with Gasteiger partial charge in [0.1, 0.15) is 5.56 Å². The molecule has 1 N–H and O–H groups in total. The third kappa shape index (κ3) is 4.29. The summed E-state index contributed by atoms with van der Waals surface area (Å²) in [5.41, 5.74) is 0.903. The van der Waals surface area contributed by atoms with Crippen molar-refractivity contribution in [3.8, 4) is 5.69 Å². The Kier molecular flexibility index (Phi) is 5.56. The van der Waals surface area contributed by atoms with Crippen LogP contribution in [0.5, 0.6) is 0 Å². The Morgan fingerprint density at radius 2 is 2.07 bits per heavy atom. The third-order valence-corrected chi connectivity index (χ3v) is 5.14. The normalized spacial score (nSPS) is 13.3. The molecule has 0 bridgehead atoms. The number of thioether (sulfide) groups is 1. The number of carbonyl (C=O) groups excluding carboxylic acids is 2. The van der Waals surface area contributed by atoms with Crippen LogP contribution in [0.25, 0.3) is 5.69 Å². The van der Waals surface area contributed by atoms with Gasteiger partial charge in [0, 0.05) is 0 Å². The summed E-state index contributed by atoms with van der Waals surface area (Å²) in [4.78, 5) is 24.9. The number of benzene rings is 1. The number of nitrogens with one attached hydrogen (secondary N) is 1. The Labute approximate surface area is 170 Å². The Morgan fingerprint density at radius 3 is 2.79 bits per heavy atom. The minimum atomic E-state index is -0.546. The second-order valence-corrected chi connectivity index (χ2v) is 7.29. The molecule has 0 aliphatic heterocycles. The number of hydrogen-bond acceptors (Lipinski definition) is 8. The van der Waals surface area contributed by atoms with Crippen LogP contribution in [0.4, 0.5) is 5.82 Å². The molecule has 1 aromatic carbocycles. The molecule has 0 radical (unpaired) electrons. The topological polar surface area (TPSA) is 117 Å². The highest BCUT2D eigenvalue weighted by Gasteiger charge is 2.28. The Balaban J connectivity index is 1.52. The largest absolute Gasteiger partial charge is 0.462 e. The minimum Gasteiger partial charge on any atom is -0.462 e. The zero-order valence-electron chi connectivity index (χ0n) is 15.7. The van der Waals surface area contributed by atoms with Gasteiger partial charge in [-0.3, -0.25) is 4.79 Å². The number of amides is 1. The molecule has 2 aromatic heterocycles. The lowest BCUT2D eigenvalue weighted by Gasteiger charge is -2.11. The van der Waals surface area contributed by atoms with Crippen LogP contribution in [0.2, 0.25) is 0 Å². The van der Waals surface area contributed by atoms with Crippen molar-refractivity contribution in [1.82, 2.24) is 30.0 Å². The molecule has 1 aliphatic carbocycles. The number of nitrogens with zero attached hydrogens (tertiary/aromatic N) is 6. The number of hydrogen-bond donors (Lipinski definition) is 1. The summed E-state index contributed by atoms with van der Waals surface area (Å²) in [5.74, 6) is -0.490. The van der Waals surface area contributed by atoms with Crippen molar-refractivity contribution in [3.63, 3.8) is 0 Å². The highest BCUT2D eigenvalue weighted by molar-refractivity contribution is 7.99. The highest BCUT2D eigenvalue weighted by atomic mass is 32.2. The van der Waals surface area contributed by atoms with Gasteiger partial charge < -0.3 is 10.1 Å². The first kappa shape index (κ1) is 19.1. The lowest BCUT2D eigenvalue weighted by molar-refractivity contribution is -0.113. The van der Waals surface area contributed by atoms with E-state index in [1.165, 1.54) is 22.6 Å². The van der Waals surface area contributed by atoms with Crippen molar-refractivity contribution in [3.05, 3.63) is 42.1 Å². The van der Waals surface area contributed by atoms with E-state index in [1.807, 2.05) is 30.3 Å². The molecule has 10 nitrogen and oxygen atoms in total. The summed E-state index contributed by atoms with van der Waals surface area (Å²) in [6, 6.07) is 9.55. The van der Waals surface area contributed by atoms with E-state index >= 15 is 0 Å². The van der Waals surface area contributed by atoms with E-state index in [-0.39, 0.29) is 29.6 Å². The molecule has 11 heteroatoms. The third-order valence-electron chi connectivity index (χ3n) is 4.21. The lowest BCUT2D eigenvalue weighted by atomic mass is 10.3. The predicted octanol–water partition coefficient (Wildman–Crippen LogP) is 2.10. The number of carbonyl (C=O) groups is 2. The van der Waals surface area contributed by atoms with Gasteiger partial charge >= 0.3 is 5.97 Å². The monoisotopic (exact) mass is 413 g/mol. The van der Waals surface area contributed by atoms with E-state index in [0.717, 1.165) is 12.8 Å². The molecule has 0 atom stereocenters. The molecule has 0 saturated heterocycles. The van der Waals surface area contributed by atoms with Crippen molar-refractivity contribution < 1.29 is 14.3 Å². The maximum atomic E-state index is 12.6. The van der Waals surface area contributed by atoms with Gasteiger partial charge in [-0.25, -0.2) is 14.2 Å². The van der Waals surface area contributed by atoms with Gasteiger partial charge in [0.05, 0.1) is 30.3 Å². The quantitative estimate of drug-likeness (QED) is 0.441. The molecule has 1 fully saturated rings. The first-order valence-corrected chi connectivity index (χ1v) is 10.2. The average molecular weight is 413 g/mol. The molecule has 29 heavy (non-hydrogen) atoms. The van der Waals surface area contributed by atoms with Crippen molar-refractivity contribution in [2.24, 2.45) is 0 Å². The number of rotatable bonds is 8. The van der Waals surface area contributed by atoms with Crippen molar-refractivity contribution >= 4 is 29.5 Å². The van der Waals surface area contributed by atoms with Crippen LogP contribution in [0.1, 0.15) is 36.2 Å². The fourth-order valence-electron chi connectivity index (χ4n) is 2.72. The van der Waals surface area contributed by atoms with Crippen LogP contribution in [-0.4, -0.2) is 54.2 Å². The Bertz CT molecular complexity index is 1010. The van der Waals surface area contributed by atoms with Gasteiger partial charge in [-0.1, -0.05) is 30.0 Å². The van der Waals surface area contributed by atoms with E-state index < -0.39 is 5.97 Å². The minimum absolute atomic E-state index is 0.0926. The fraction of sp³-hybridized carbons (Fsp3) is 0.333. The highest BCUT2D eigenvalue weighted by Crippen LogP contribution is 2.36. The smallest absolute Gasteiger partial charge is 0.343 e. The molecule has 0 unspecified atom stereocenters. The number of esters is 1. The first-order valence-electron chi connectivity index (χ1n) is 9.18. The van der Waals surface area contributed by atoms with Crippen LogP contribution < -0.4 is 5.32 Å². The molecule has 1 amide bonds. The maximum Gasteiger partial charge on any atom is 0.343 e. The average Bonchev–Trinajstić information content (AvgIpc) is 3.32. The molecular weight excluding hydrogens is 394 g/mol.